The summed E-state index contributed by atoms with van der Waals surface area (Å²) < 4.78 is 11.7. The van der Waals surface area contributed by atoms with Gasteiger partial charge in [-0.1, -0.05) is 6.92 Å². The molecule has 0 spiro atoms. The zero-order valence-corrected chi connectivity index (χ0v) is 12.8. The molecule has 0 unspecified atom stereocenters. The van der Waals surface area contributed by atoms with Crippen LogP contribution in [0, 0.1) is 0 Å². The minimum absolute atomic E-state index is 0.473. The van der Waals surface area contributed by atoms with Gasteiger partial charge < -0.3 is 14.9 Å². The lowest BCUT2D eigenvalue weighted by molar-refractivity contribution is 0.411. The van der Waals surface area contributed by atoms with Crippen LogP contribution in [0.1, 0.15) is 12.5 Å². The summed E-state index contributed by atoms with van der Waals surface area (Å²) >= 11 is 3.44. The highest BCUT2D eigenvalue weighted by Crippen LogP contribution is 2.34. The molecular weight excluding hydrogens is 324 g/mol. The lowest BCUT2D eigenvalue weighted by Gasteiger charge is -2.13. The predicted octanol–water partition coefficient (Wildman–Crippen LogP) is 2.89. The van der Waals surface area contributed by atoms with Crippen molar-refractivity contribution in [2.45, 2.75) is 13.3 Å². The number of rotatable bonds is 5. The summed E-state index contributed by atoms with van der Waals surface area (Å²) in [5.41, 5.74) is 3.36. The summed E-state index contributed by atoms with van der Waals surface area (Å²) in [5.74, 6) is 7.85. The quantitative estimate of drug-likeness (QED) is 0.644. The van der Waals surface area contributed by atoms with Gasteiger partial charge in [0.1, 0.15) is 23.6 Å². The Labute approximate surface area is 125 Å². The Kier molecular flexibility index (Phi) is 4.75. The van der Waals surface area contributed by atoms with E-state index >= 15 is 0 Å². The standard InChI is InChI=1S/C13H15BrN4O2/c1-3-9-12(18-15)16-7-17-13(9)20-11-5-4-8(19-2)6-10(11)14/h4-7H,3,15H2,1-2H3,(H,16,17,18). The number of anilines is 1. The summed E-state index contributed by atoms with van der Waals surface area (Å²) in [7, 11) is 1.61. The van der Waals surface area contributed by atoms with Crippen molar-refractivity contribution >= 4 is 21.7 Å². The van der Waals surface area contributed by atoms with Crippen molar-refractivity contribution in [3.8, 4) is 17.4 Å². The van der Waals surface area contributed by atoms with Gasteiger partial charge in [0.15, 0.2) is 0 Å². The minimum Gasteiger partial charge on any atom is -0.497 e. The molecule has 6 nitrogen and oxygen atoms in total. The lowest BCUT2D eigenvalue weighted by atomic mass is 10.2. The van der Waals surface area contributed by atoms with Crippen molar-refractivity contribution in [1.82, 2.24) is 9.97 Å². The first kappa shape index (κ1) is 14.5. The maximum Gasteiger partial charge on any atom is 0.227 e. The van der Waals surface area contributed by atoms with Crippen molar-refractivity contribution in [3.63, 3.8) is 0 Å². The van der Waals surface area contributed by atoms with E-state index in [1.54, 1.807) is 13.2 Å². The molecule has 3 N–H and O–H groups in total. The van der Waals surface area contributed by atoms with E-state index in [-0.39, 0.29) is 0 Å². The molecule has 0 atom stereocenters. The Hall–Kier alpha value is -1.86. The molecule has 0 aliphatic carbocycles. The summed E-state index contributed by atoms with van der Waals surface area (Å²) in [6.07, 6.45) is 2.10. The normalized spacial score (nSPS) is 10.2. The smallest absolute Gasteiger partial charge is 0.227 e. The molecule has 0 aliphatic rings. The van der Waals surface area contributed by atoms with E-state index in [1.807, 2.05) is 19.1 Å². The number of halogens is 1. The summed E-state index contributed by atoms with van der Waals surface area (Å²) in [4.78, 5) is 8.22. The number of nitrogens with zero attached hydrogens (tertiary/aromatic N) is 2. The van der Waals surface area contributed by atoms with Crippen LogP contribution in [0.25, 0.3) is 0 Å². The van der Waals surface area contributed by atoms with Crippen LogP contribution in [0.5, 0.6) is 17.4 Å². The van der Waals surface area contributed by atoms with E-state index in [0.717, 1.165) is 15.8 Å². The van der Waals surface area contributed by atoms with Gasteiger partial charge in [-0.2, -0.15) is 0 Å². The van der Waals surface area contributed by atoms with Gasteiger partial charge in [0.25, 0.3) is 0 Å². The van der Waals surface area contributed by atoms with Crippen LogP contribution in [0.2, 0.25) is 0 Å². The molecule has 1 aromatic heterocycles. The Morgan fingerprint density at radius 1 is 1.35 bits per heavy atom. The zero-order valence-electron chi connectivity index (χ0n) is 11.2. The van der Waals surface area contributed by atoms with Crippen molar-refractivity contribution in [3.05, 3.63) is 34.6 Å². The van der Waals surface area contributed by atoms with Crippen molar-refractivity contribution in [2.24, 2.45) is 5.84 Å². The van der Waals surface area contributed by atoms with E-state index < -0.39 is 0 Å². The number of benzene rings is 1. The van der Waals surface area contributed by atoms with Gasteiger partial charge in [-0.25, -0.2) is 15.8 Å². The number of nitrogens with one attached hydrogen (secondary N) is 1. The number of hydrogen-bond donors (Lipinski definition) is 2. The van der Waals surface area contributed by atoms with Crippen LogP contribution in [-0.2, 0) is 6.42 Å². The molecule has 7 heteroatoms. The van der Waals surface area contributed by atoms with E-state index in [4.69, 9.17) is 15.3 Å². The topological polar surface area (TPSA) is 82.3 Å². The van der Waals surface area contributed by atoms with E-state index in [9.17, 15) is 0 Å². The maximum atomic E-state index is 5.82. The van der Waals surface area contributed by atoms with Crippen LogP contribution in [-0.4, -0.2) is 17.1 Å². The van der Waals surface area contributed by atoms with Gasteiger partial charge in [0.2, 0.25) is 5.88 Å². The van der Waals surface area contributed by atoms with Crippen molar-refractivity contribution < 1.29 is 9.47 Å². The molecule has 0 aliphatic heterocycles. The Morgan fingerprint density at radius 2 is 2.15 bits per heavy atom. The molecule has 0 radical (unpaired) electrons. The SMILES string of the molecule is CCc1c(NN)ncnc1Oc1ccc(OC)cc1Br. The van der Waals surface area contributed by atoms with E-state index in [0.29, 0.717) is 23.9 Å². The molecule has 2 rings (SSSR count). The molecule has 106 valence electrons. The molecule has 0 fully saturated rings. The van der Waals surface area contributed by atoms with Crippen LogP contribution in [0.3, 0.4) is 0 Å². The number of hydrogen-bond acceptors (Lipinski definition) is 6. The van der Waals surface area contributed by atoms with Gasteiger partial charge in [-0.05, 0) is 40.5 Å². The molecule has 0 bridgehead atoms. The highest BCUT2D eigenvalue weighted by Gasteiger charge is 2.13. The van der Waals surface area contributed by atoms with E-state index in [2.05, 4.69) is 31.3 Å². The average molecular weight is 339 g/mol. The fourth-order valence-electron chi connectivity index (χ4n) is 1.72. The van der Waals surface area contributed by atoms with E-state index in [1.165, 1.54) is 6.33 Å². The van der Waals surface area contributed by atoms with Crippen molar-refractivity contribution in [1.29, 1.82) is 0 Å². The number of aromatic nitrogens is 2. The average Bonchev–Trinajstić information content (AvgIpc) is 2.48. The van der Waals surface area contributed by atoms with Gasteiger partial charge in [-0.3, -0.25) is 0 Å². The third-order valence-corrected chi connectivity index (χ3v) is 3.36. The second kappa shape index (κ2) is 6.53. The molecule has 2 aromatic rings. The fraction of sp³-hybridized carbons (Fsp3) is 0.231. The van der Waals surface area contributed by atoms with Gasteiger partial charge in [0.05, 0.1) is 17.1 Å². The first-order valence-electron chi connectivity index (χ1n) is 6.01. The lowest BCUT2D eigenvalue weighted by Crippen LogP contribution is -2.12. The Bertz CT molecular complexity index is 607. The number of ether oxygens (including phenoxy) is 2. The van der Waals surface area contributed by atoms with Crippen LogP contribution in [0.15, 0.2) is 29.0 Å². The van der Waals surface area contributed by atoms with Gasteiger partial charge in [-0.15, -0.1) is 0 Å². The fourth-order valence-corrected chi connectivity index (χ4v) is 2.16. The van der Waals surface area contributed by atoms with Crippen LogP contribution in [0.4, 0.5) is 5.82 Å². The Morgan fingerprint density at radius 3 is 2.75 bits per heavy atom. The minimum atomic E-state index is 0.473. The predicted molar refractivity (Wildman–Crippen MR) is 80.0 cm³/mol. The number of methoxy groups -OCH3 is 1. The second-order valence-electron chi connectivity index (χ2n) is 3.90. The molecule has 0 saturated carbocycles. The highest BCUT2D eigenvalue weighted by atomic mass is 79.9. The maximum absolute atomic E-state index is 5.82. The first-order valence-corrected chi connectivity index (χ1v) is 6.80. The molecule has 0 amide bonds. The molecular formula is C13H15BrN4O2. The molecule has 1 heterocycles. The summed E-state index contributed by atoms with van der Waals surface area (Å²) in [6.45, 7) is 1.98. The third kappa shape index (κ3) is 3.00. The van der Waals surface area contributed by atoms with Gasteiger partial charge >= 0.3 is 0 Å². The second-order valence-corrected chi connectivity index (χ2v) is 4.76. The highest BCUT2D eigenvalue weighted by molar-refractivity contribution is 9.10. The van der Waals surface area contributed by atoms with Crippen LogP contribution >= 0.6 is 15.9 Å². The number of nitrogens with two attached hydrogens (primary N) is 1. The summed E-state index contributed by atoms with van der Waals surface area (Å²) in [6, 6.07) is 5.44. The Balaban J connectivity index is 2.35. The molecule has 20 heavy (non-hydrogen) atoms. The zero-order chi connectivity index (χ0) is 14.5. The van der Waals surface area contributed by atoms with Crippen molar-refractivity contribution in [2.75, 3.05) is 12.5 Å². The van der Waals surface area contributed by atoms with Gasteiger partial charge in [0, 0.05) is 0 Å². The third-order valence-electron chi connectivity index (χ3n) is 2.74. The van der Waals surface area contributed by atoms with Crippen LogP contribution < -0.4 is 20.7 Å². The monoisotopic (exact) mass is 338 g/mol. The number of hydrazine groups is 1. The first-order chi connectivity index (χ1) is 9.69. The molecule has 1 aromatic carbocycles. The largest absolute Gasteiger partial charge is 0.497 e. The molecule has 0 saturated heterocycles. The summed E-state index contributed by atoms with van der Waals surface area (Å²) in [5, 5.41) is 0. The number of nitrogen functional groups attached to an aromatic ring is 1.